The predicted molar refractivity (Wildman–Crippen MR) is 142 cm³/mol. The van der Waals surface area contributed by atoms with Crippen molar-refractivity contribution in [3.05, 3.63) is 60.2 Å². The molecule has 0 unspecified atom stereocenters. The van der Waals surface area contributed by atoms with E-state index >= 15 is 0 Å². The minimum Gasteiger partial charge on any atom is -0.478 e. The molecule has 1 aromatic carbocycles. The number of nitrogens with one attached hydrogen (secondary N) is 1. The Morgan fingerprint density at radius 2 is 1.28 bits per heavy atom. The summed E-state index contributed by atoms with van der Waals surface area (Å²) in [7, 11) is 0. The maximum absolute atomic E-state index is 12.5. The molecule has 39 heavy (non-hydrogen) atoms. The molecule has 3 rings (SSSR count). The monoisotopic (exact) mass is 547 g/mol. The van der Waals surface area contributed by atoms with Gasteiger partial charge in [-0.2, -0.15) is 0 Å². The maximum Gasteiger partial charge on any atom is 0.328 e. The molecule has 0 aliphatic carbocycles. The first-order chi connectivity index (χ1) is 18.6. The molecule has 2 aliphatic heterocycles. The lowest BCUT2D eigenvalue weighted by Gasteiger charge is -2.24. The Hall–Kier alpha value is -4.03. The van der Waals surface area contributed by atoms with Crippen LogP contribution in [0.3, 0.4) is 0 Å². The number of amides is 1. The minimum atomic E-state index is -1.26. The molecule has 1 amide bonds. The molecule has 1 atom stereocenters. The lowest BCUT2D eigenvalue weighted by molar-refractivity contribution is -0.134. The highest BCUT2D eigenvalue weighted by Crippen LogP contribution is 2.20. The summed E-state index contributed by atoms with van der Waals surface area (Å²) in [5.41, 5.74) is 1.29. The Morgan fingerprint density at radius 3 is 1.77 bits per heavy atom. The highest BCUT2D eigenvalue weighted by molar-refractivity contribution is 5.90. The van der Waals surface area contributed by atoms with Crippen molar-refractivity contribution in [1.82, 2.24) is 15.1 Å². The fraction of sp³-hybridized carbons (Fsp3) is 0.444. The summed E-state index contributed by atoms with van der Waals surface area (Å²) in [4.78, 5) is 55.5. The van der Waals surface area contributed by atoms with Crippen LogP contribution < -0.4 is 5.32 Å². The molecule has 1 aromatic rings. The van der Waals surface area contributed by atoms with Gasteiger partial charge in [-0.3, -0.25) is 9.69 Å². The highest BCUT2D eigenvalue weighted by atomic mass is 16.4. The van der Waals surface area contributed by atoms with E-state index in [1.54, 1.807) is 0 Å². The van der Waals surface area contributed by atoms with Crippen molar-refractivity contribution in [3.63, 3.8) is 0 Å². The third-order valence-corrected chi connectivity index (χ3v) is 5.78. The van der Waals surface area contributed by atoms with Gasteiger partial charge >= 0.3 is 23.9 Å². The number of carboxylic acid groups (broad SMARTS) is 4. The Bertz CT molecular complexity index is 923. The second-order valence-corrected chi connectivity index (χ2v) is 8.83. The van der Waals surface area contributed by atoms with Gasteiger partial charge in [-0.05, 0) is 63.8 Å². The number of carbonyl (C=O) groups excluding carboxylic acids is 1. The number of nitrogens with zero attached hydrogens (tertiary/aromatic N) is 2. The molecule has 0 aromatic heterocycles. The summed E-state index contributed by atoms with van der Waals surface area (Å²) in [6, 6.07) is 10.5. The molecule has 0 saturated carbocycles. The van der Waals surface area contributed by atoms with Gasteiger partial charge in [0.25, 0.3) is 0 Å². The Labute approximate surface area is 227 Å². The van der Waals surface area contributed by atoms with E-state index in [-0.39, 0.29) is 11.9 Å². The van der Waals surface area contributed by atoms with Crippen LogP contribution in [0, 0.1) is 0 Å². The topological polar surface area (TPSA) is 185 Å². The van der Waals surface area contributed by atoms with E-state index in [0.717, 1.165) is 45.4 Å². The van der Waals surface area contributed by atoms with Crippen LogP contribution in [0.4, 0.5) is 0 Å². The first-order valence-electron chi connectivity index (χ1n) is 12.6. The van der Waals surface area contributed by atoms with Crippen LogP contribution in [0.1, 0.15) is 37.7 Å². The minimum absolute atomic E-state index is 0.0574. The molecule has 2 saturated heterocycles. The Balaban J connectivity index is 0.000000393. The molecule has 2 aliphatic rings. The van der Waals surface area contributed by atoms with Gasteiger partial charge in [0.15, 0.2) is 0 Å². The Kier molecular flexibility index (Phi) is 16.2. The molecule has 214 valence electrons. The summed E-state index contributed by atoms with van der Waals surface area (Å²) in [6.07, 6.45) is 8.09. The fourth-order valence-corrected chi connectivity index (χ4v) is 4.05. The molecule has 0 bridgehead atoms. The van der Waals surface area contributed by atoms with Gasteiger partial charge in [0.05, 0.1) is 6.04 Å². The molecule has 5 N–H and O–H groups in total. The van der Waals surface area contributed by atoms with Gasteiger partial charge in [-0.15, -0.1) is 0 Å². The summed E-state index contributed by atoms with van der Waals surface area (Å²) in [5, 5.41) is 34.4. The molecular formula is C27H37N3O9. The van der Waals surface area contributed by atoms with Crippen molar-refractivity contribution < 1.29 is 44.4 Å². The van der Waals surface area contributed by atoms with Gasteiger partial charge < -0.3 is 30.6 Å². The van der Waals surface area contributed by atoms with E-state index < -0.39 is 23.9 Å². The van der Waals surface area contributed by atoms with Crippen LogP contribution in [0.15, 0.2) is 54.6 Å². The van der Waals surface area contributed by atoms with Gasteiger partial charge in [-0.1, -0.05) is 30.3 Å². The standard InChI is InChI=1S/C19H29N3O.2C4H4O4/c23-19(20-11-7-14-21-12-4-5-13-21)18-10-6-15-22(18)16-17-8-2-1-3-9-17;2*5-3(6)1-2-4(7)8/h1-3,8-9,18H,4-7,10-16H2,(H,20,23);2*1-2H,(H,5,6)(H,7,8)/b;2*2-1-/t18-;;/m1../s1. The first kappa shape index (κ1) is 33.0. The van der Waals surface area contributed by atoms with Gasteiger partial charge in [0.1, 0.15) is 0 Å². The highest BCUT2D eigenvalue weighted by Gasteiger charge is 2.30. The van der Waals surface area contributed by atoms with Gasteiger partial charge in [0, 0.05) is 37.4 Å². The molecule has 0 radical (unpaired) electrons. The van der Waals surface area contributed by atoms with Crippen LogP contribution in [-0.2, 0) is 30.5 Å². The van der Waals surface area contributed by atoms with Crippen LogP contribution in [0.2, 0.25) is 0 Å². The van der Waals surface area contributed by atoms with Crippen molar-refractivity contribution in [2.75, 3.05) is 32.7 Å². The van der Waals surface area contributed by atoms with Gasteiger partial charge in [0.2, 0.25) is 5.91 Å². The second kappa shape index (κ2) is 19.1. The van der Waals surface area contributed by atoms with Crippen molar-refractivity contribution in [1.29, 1.82) is 0 Å². The average Bonchev–Trinajstić information content (AvgIpc) is 3.58. The van der Waals surface area contributed by atoms with Crippen LogP contribution in [-0.4, -0.2) is 98.8 Å². The summed E-state index contributed by atoms with van der Waals surface area (Å²) in [6.45, 7) is 6.32. The summed E-state index contributed by atoms with van der Waals surface area (Å²) < 4.78 is 0. The quantitative estimate of drug-likeness (QED) is 0.200. The lowest BCUT2D eigenvalue weighted by Crippen LogP contribution is -2.43. The van der Waals surface area contributed by atoms with E-state index in [4.69, 9.17) is 20.4 Å². The molecule has 0 spiro atoms. The van der Waals surface area contributed by atoms with Crippen molar-refractivity contribution in [2.45, 2.75) is 44.7 Å². The van der Waals surface area contributed by atoms with Gasteiger partial charge in [-0.25, -0.2) is 19.2 Å². The van der Waals surface area contributed by atoms with Crippen LogP contribution in [0.5, 0.6) is 0 Å². The molecule has 12 nitrogen and oxygen atoms in total. The number of likely N-dealkylation sites (tertiary alicyclic amines) is 2. The number of rotatable bonds is 11. The summed E-state index contributed by atoms with van der Waals surface area (Å²) >= 11 is 0. The predicted octanol–water partition coefficient (Wildman–Crippen LogP) is 1.68. The number of hydrogen-bond acceptors (Lipinski definition) is 7. The second-order valence-electron chi connectivity index (χ2n) is 8.83. The molecular weight excluding hydrogens is 510 g/mol. The van der Waals surface area contributed by atoms with E-state index in [1.807, 2.05) is 6.07 Å². The largest absolute Gasteiger partial charge is 0.478 e. The molecule has 2 fully saturated rings. The number of aliphatic carboxylic acids is 4. The molecule has 12 heteroatoms. The van der Waals surface area contributed by atoms with Crippen molar-refractivity contribution in [2.24, 2.45) is 0 Å². The Morgan fingerprint density at radius 1 is 0.769 bits per heavy atom. The number of hydrogen-bond donors (Lipinski definition) is 5. The fourth-order valence-electron chi connectivity index (χ4n) is 4.05. The third-order valence-electron chi connectivity index (χ3n) is 5.78. The zero-order valence-electron chi connectivity index (χ0n) is 21.8. The van der Waals surface area contributed by atoms with E-state index in [0.29, 0.717) is 24.3 Å². The van der Waals surface area contributed by atoms with Crippen molar-refractivity contribution >= 4 is 29.8 Å². The first-order valence-corrected chi connectivity index (χ1v) is 12.6. The average molecular weight is 548 g/mol. The lowest BCUT2D eigenvalue weighted by atomic mass is 10.1. The SMILES string of the molecule is O=C(NCCCN1CCCC1)[C@H]1CCCN1Cc1ccccc1.O=C(O)/C=C\C(=O)O.O=C(O)/C=C\C(=O)O. The van der Waals surface area contributed by atoms with Crippen LogP contribution in [0.25, 0.3) is 0 Å². The van der Waals surface area contributed by atoms with E-state index in [9.17, 15) is 24.0 Å². The third kappa shape index (κ3) is 16.4. The smallest absolute Gasteiger partial charge is 0.328 e. The van der Waals surface area contributed by atoms with Crippen LogP contribution >= 0.6 is 0 Å². The van der Waals surface area contributed by atoms with E-state index in [2.05, 4.69) is 39.4 Å². The zero-order chi connectivity index (χ0) is 29.0. The van der Waals surface area contributed by atoms with Crippen molar-refractivity contribution in [3.8, 4) is 0 Å². The zero-order valence-corrected chi connectivity index (χ0v) is 21.8. The molecule has 2 heterocycles. The van der Waals surface area contributed by atoms with E-state index in [1.165, 1.54) is 31.5 Å². The normalized spacial score (nSPS) is 17.2. The summed E-state index contributed by atoms with van der Waals surface area (Å²) in [5.74, 6) is -4.81. The number of benzene rings is 1. The maximum atomic E-state index is 12.5. The number of carboxylic acids is 4. The number of carbonyl (C=O) groups is 5.